The molecule has 0 amide bonds. The highest BCUT2D eigenvalue weighted by Gasteiger charge is 2.12. The number of nitrogens with two attached hydrogens (primary N) is 1. The summed E-state index contributed by atoms with van der Waals surface area (Å²) in [4.78, 5) is 1.83. The maximum atomic E-state index is 13.5. The lowest BCUT2D eigenvalue weighted by Crippen LogP contribution is -2.31. The third kappa shape index (κ3) is 4.30. The third-order valence-electron chi connectivity index (χ3n) is 2.15. The first kappa shape index (κ1) is 15.0. The maximum Gasteiger partial charge on any atom is 0.151 e. The first-order valence-electron chi connectivity index (χ1n) is 5.20. The summed E-state index contributed by atoms with van der Waals surface area (Å²) in [6.45, 7) is 1.22. The fourth-order valence-electron chi connectivity index (χ4n) is 1.22. The van der Waals surface area contributed by atoms with Crippen LogP contribution in [0.4, 0.5) is 14.5 Å². The van der Waals surface area contributed by atoms with Gasteiger partial charge in [-0.1, -0.05) is 0 Å². The van der Waals surface area contributed by atoms with Crippen molar-refractivity contribution in [3.8, 4) is 0 Å². The fourth-order valence-corrected chi connectivity index (χ4v) is 1.66. The second-order valence-corrected chi connectivity index (χ2v) is 4.98. The molecule has 0 saturated carbocycles. The Morgan fingerprint density at radius 1 is 1.33 bits per heavy atom. The zero-order valence-corrected chi connectivity index (χ0v) is 11.0. The Kier molecular flexibility index (Phi) is 5.60. The number of hydrogen-bond donors (Lipinski definition) is 3. The number of likely N-dealkylation sites (N-methyl/N-ethyl adjacent to an activating group) is 1. The van der Waals surface area contributed by atoms with E-state index in [2.05, 4.69) is 10.9 Å². The number of nitrogens with one attached hydrogen (secondary N) is 2. The van der Waals surface area contributed by atoms with Crippen LogP contribution in [-0.2, 0) is 11.0 Å². The van der Waals surface area contributed by atoms with E-state index in [1.807, 2.05) is 19.0 Å². The van der Waals surface area contributed by atoms with Gasteiger partial charge in [-0.05, 0) is 26.2 Å². The minimum absolute atomic E-state index is 0.0937. The monoisotopic (exact) mass is 278 g/mol. The standard InChI is InChI=1S/C10H16F2N4OS/c1-16(2)4-3-14-15-10-8(11)5-7(18(13)17)6-9(10)12/h5-6,14-15H,3-4,13H2,1-2H3. The number of rotatable bonds is 6. The van der Waals surface area contributed by atoms with Crippen LogP contribution in [0.3, 0.4) is 0 Å². The molecule has 0 heterocycles. The quantitative estimate of drug-likeness (QED) is 0.521. The number of halogens is 2. The van der Waals surface area contributed by atoms with Gasteiger partial charge in [-0.15, -0.1) is 0 Å². The van der Waals surface area contributed by atoms with Crippen molar-refractivity contribution < 1.29 is 13.0 Å². The number of hydrogen-bond acceptors (Lipinski definition) is 4. The van der Waals surface area contributed by atoms with Crippen molar-refractivity contribution in [2.24, 2.45) is 5.14 Å². The average Bonchev–Trinajstić information content (AvgIpc) is 2.26. The van der Waals surface area contributed by atoms with Gasteiger partial charge in [0, 0.05) is 13.1 Å². The molecule has 102 valence electrons. The van der Waals surface area contributed by atoms with Gasteiger partial charge < -0.3 is 10.3 Å². The van der Waals surface area contributed by atoms with Gasteiger partial charge in [-0.25, -0.2) is 23.6 Å². The summed E-state index contributed by atoms with van der Waals surface area (Å²) in [5, 5.41) is 5.05. The highest BCUT2D eigenvalue weighted by atomic mass is 32.2. The summed E-state index contributed by atoms with van der Waals surface area (Å²) in [6, 6.07) is 1.88. The van der Waals surface area contributed by atoms with Crippen LogP contribution in [0.1, 0.15) is 0 Å². The smallest absolute Gasteiger partial charge is 0.151 e. The van der Waals surface area contributed by atoms with Crippen LogP contribution < -0.4 is 16.0 Å². The highest BCUT2D eigenvalue weighted by Crippen LogP contribution is 2.20. The molecule has 0 aliphatic carbocycles. The minimum Gasteiger partial charge on any atom is -0.316 e. The van der Waals surface area contributed by atoms with Crippen LogP contribution in [0.15, 0.2) is 17.0 Å². The first-order chi connectivity index (χ1) is 8.41. The molecule has 0 aliphatic heterocycles. The molecule has 1 atom stereocenters. The van der Waals surface area contributed by atoms with Gasteiger partial charge in [0.1, 0.15) is 16.7 Å². The summed E-state index contributed by atoms with van der Waals surface area (Å²) in [5.41, 5.74) is 4.80. The molecule has 0 bridgehead atoms. The molecular weight excluding hydrogens is 262 g/mol. The molecule has 0 saturated heterocycles. The Hall–Kier alpha value is -1.09. The lowest BCUT2D eigenvalue weighted by molar-refractivity contribution is 0.406. The lowest BCUT2D eigenvalue weighted by Gasteiger charge is -2.13. The molecular formula is C10H16F2N4OS. The zero-order chi connectivity index (χ0) is 13.7. The van der Waals surface area contributed by atoms with Gasteiger partial charge in [-0.2, -0.15) is 0 Å². The molecule has 5 nitrogen and oxygen atoms in total. The van der Waals surface area contributed by atoms with Crippen LogP contribution in [0.2, 0.25) is 0 Å². The molecule has 4 N–H and O–H groups in total. The average molecular weight is 278 g/mol. The SMILES string of the molecule is CN(C)CCNNc1c(F)cc(S(N)=O)cc1F. The zero-order valence-electron chi connectivity index (χ0n) is 10.2. The van der Waals surface area contributed by atoms with Crippen molar-refractivity contribution in [2.75, 3.05) is 32.6 Å². The number of nitrogens with zero attached hydrogens (tertiary/aromatic N) is 1. The Morgan fingerprint density at radius 2 is 1.89 bits per heavy atom. The maximum absolute atomic E-state index is 13.5. The molecule has 1 unspecified atom stereocenters. The highest BCUT2D eigenvalue weighted by molar-refractivity contribution is 7.82. The molecule has 0 aliphatic rings. The molecule has 0 fully saturated rings. The number of benzene rings is 1. The summed E-state index contributed by atoms with van der Waals surface area (Å²) in [6.07, 6.45) is 0. The molecule has 1 aromatic carbocycles. The van der Waals surface area contributed by atoms with E-state index in [0.717, 1.165) is 12.1 Å². The number of hydrazine groups is 1. The van der Waals surface area contributed by atoms with Crippen molar-refractivity contribution in [1.29, 1.82) is 0 Å². The summed E-state index contributed by atoms with van der Waals surface area (Å²) in [7, 11) is 1.86. The van der Waals surface area contributed by atoms with E-state index in [1.165, 1.54) is 0 Å². The largest absolute Gasteiger partial charge is 0.316 e. The molecule has 18 heavy (non-hydrogen) atoms. The van der Waals surface area contributed by atoms with Crippen molar-refractivity contribution >= 4 is 16.7 Å². The molecule has 1 rings (SSSR count). The molecule has 0 aromatic heterocycles. The summed E-state index contributed by atoms with van der Waals surface area (Å²) < 4.78 is 37.9. The van der Waals surface area contributed by atoms with Crippen LogP contribution in [0.25, 0.3) is 0 Å². The van der Waals surface area contributed by atoms with Gasteiger partial charge in [0.25, 0.3) is 0 Å². The predicted molar refractivity (Wildman–Crippen MR) is 67.1 cm³/mol. The Bertz CT molecular complexity index is 419. The fraction of sp³-hybridized carbons (Fsp3) is 0.400. The van der Waals surface area contributed by atoms with E-state index >= 15 is 0 Å². The molecule has 0 radical (unpaired) electrons. The van der Waals surface area contributed by atoms with Crippen molar-refractivity contribution in [3.05, 3.63) is 23.8 Å². The van der Waals surface area contributed by atoms with Crippen LogP contribution >= 0.6 is 0 Å². The predicted octanol–water partition coefficient (Wildman–Crippen LogP) is 0.424. The van der Waals surface area contributed by atoms with E-state index in [4.69, 9.17) is 5.14 Å². The van der Waals surface area contributed by atoms with E-state index in [1.54, 1.807) is 0 Å². The van der Waals surface area contributed by atoms with Crippen molar-refractivity contribution in [1.82, 2.24) is 10.3 Å². The second kappa shape index (κ2) is 6.74. The Balaban J connectivity index is 2.69. The van der Waals surface area contributed by atoms with Gasteiger partial charge in [-0.3, -0.25) is 0 Å². The van der Waals surface area contributed by atoms with Crippen LogP contribution in [0.5, 0.6) is 0 Å². The van der Waals surface area contributed by atoms with E-state index < -0.39 is 22.6 Å². The van der Waals surface area contributed by atoms with Gasteiger partial charge in [0.15, 0.2) is 11.6 Å². The lowest BCUT2D eigenvalue weighted by atomic mass is 10.3. The van der Waals surface area contributed by atoms with Gasteiger partial charge in [0.05, 0.1) is 4.90 Å². The van der Waals surface area contributed by atoms with Gasteiger partial charge >= 0.3 is 0 Å². The Labute approximate surface area is 107 Å². The van der Waals surface area contributed by atoms with Gasteiger partial charge in [0.2, 0.25) is 0 Å². The van der Waals surface area contributed by atoms with Crippen LogP contribution in [0, 0.1) is 11.6 Å². The van der Waals surface area contributed by atoms with Crippen molar-refractivity contribution in [3.63, 3.8) is 0 Å². The molecule has 1 aromatic rings. The third-order valence-corrected chi connectivity index (χ3v) is 2.85. The first-order valence-corrected chi connectivity index (χ1v) is 6.42. The Morgan fingerprint density at radius 3 is 2.33 bits per heavy atom. The van der Waals surface area contributed by atoms with Crippen molar-refractivity contribution in [2.45, 2.75) is 4.90 Å². The van der Waals surface area contributed by atoms with E-state index in [9.17, 15) is 13.0 Å². The number of anilines is 1. The van der Waals surface area contributed by atoms with E-state index in [0.29, 0.717) is 13.1 Å². The van der Waals surface area contributed by atoms with E-state index in [-0.39, 0.29) is 10.6 Å². The van der Waals surface area contributed by atoms with Crippen LogP contribution in [-0.4, -0.2) is 36.3 Å². The molecule has 0 spiro atoms. The second-order valence-electron chi connectivity index (χ2n) is 3.91. The topological polar surface area (TPSA) is 70.4 Å². The summed E-state index contributed by atoms with van der Waals surface area (Å²) in [5.74, 6) is -1.69. The minimum atomic E-state index is -1.91. The summed E-state index contributed by atoms with van der Waals surface area (Å²) >= 11 is 0. The normalized spacial score (nSPS) is 12.8. The molecule has 8 heteroatoms.